The molecule has 1 aromatic heterocycles. The van der Waals surface area contributed by atoms with Gasteiger partial charge >= 0.3 is 268 Å². The summed E-state index contributed by atoms with van der Waals surface area (Å²) < 4.78 is 106. The molecule has 0 fully saturated rings. The molecule has 0 aliphatic carbocycles. The number of hydrogen-bond acceptors (Lipinski definition) is 3. The number of amides is 1. The third kappa shape index (κ3) is 11.6. The van der Waals surface area contributed by atoms with Crippen molar-refractivity contribution in [2.45, 2.75) is 32.4 Å². The average molecular weight is 1050 g/mol. The van der Waals surface area contributed by atoms with Crippen LogP contribution in [-0.4, -0.2) is 24.2 Å². The Balaban J connectivity index is 0.000000254. The number of benzene rings is 7. The Kier molecular flexibility index (Phi) is 15.4. The molecule has 0 unspecified atom stereocenters. The fraction of sp³-hybridized carbons (Fsp3) is 0.118. The molecule has 0 radical (unpaired) electrons. The smallest absolute Gasteiger partial charge is 0.431 e. The van der Waals surface area contributed by atoms with Crippen LogP contribution < -0.4 is 30.7 Å². The van der Waals surface area contributed by atoms with Crippen molar-refractivity contribution in [1.29, 1.82) is 0 Å². The molecule has 348 valence electrons. The van der Waals surface area contributed by atoms with E-state index in [0.717, 1.165) is 33.1 Å². The molecule has 0 aliphatic heterocycles. The molecule has 0 saturated heterocycles. The van der Waals surface area contributed by atoms with Crippen molar-refractivity contribution < 1.29 is 46.4 Å². The third-order valence-corrected chi connectivity index (χ3v) is 20.6. The molecule has 2 N–H and O–H groups in total. The second-order valence-corrected chi connectivity index (χ2v) is 24.9. The van der Waals surface area contributed by atoms with Crippen molar-refractivity contribution in [2.24, 2.45) is 0 Å². The van der Waals surface area contributed by atoms with E-state index in [2.05, 4.69) is 25.8 Å². The third-order valence-electron chi connectivity index (χ3n) is 10.5. The number of ether oxygens (including phenoxy) is 2. The van der Waals surface area contributed by atoms with Crippen LogP contribution in [0.25, 0.3) is 10.9 Å². The fourth-order valence-electron chi connectivity index (χ4n) is 7.20. The molecule has 5 nitrogen and oxygen atoms in total. The summed E-state index contributed by atoms with van der Waals surface area (Å²) in [6, 6.07) is 51.0. The number of hydrogen-bond donors (Lipinski definition) is 2. The minimum Gasteiger partial charge on any atom is -0.456 e. The van der Waals surface area contributed by atoms with Gasteiger partial charge in [-0.1, -0.05) is 29.3 Å². The first-order valence-electron chi connectivity index (χ1n) is 20.8. The van der Waals surface area contributed by atoms with Gasteiger partial charge in [-0.3, -0.25) is 4.39 Å². The number of halogens is 10. The molecule has 0 saturated carbocycles. The summed E-state index contributed by atoms with van der Waals surface area (Å²) in [4.78, 5) is 14.6. The molecule has 0 bridgehead atoms. The molecule has 67 heavy (non-hydrogen) atoms. The molecule has 7 aromatic carbocycles. The first-order valence-corrected chi connectivity index (χ1v) is 25.3. The van der Waals surface area contributed by atoms with Crippen molar-refractivity contribution in [1.82, 2.24) is 4.98 Å². The number of carbonyl (C=O) groups is 1. The van der Waals surface area contributed by atoms with E-state index < -0.39 is 36.4 Å². The normalized spacial score (nSPS) is 12.3. The van der Waals surface area contributed by atoms with E-state index in [1.54, 1.807) is 30.3 Å². The summed E-state index contributed by atoms with van der Waals surface area (Å²) in [5.74, 6) is -0.455. The quantitative estimate of drug-likeness (QED) is 0.106. The molecule has 8 aromatic rings. The molecule has 0 spiro atoms. The molecular formula is C51H41BrCl2F7N2O3P. The predicted molar refractivity (Wildman–Crippen MR) is 262 cm³/mol. The largest absolute Gasteiger partial charge is 0.456 e. The number of H-pyrrole nitrogens is 1. The summed E-state index contributed by atoms with van der Waals surface area (Å²) in [5, 5.41) is 1.94. The number of nitrogens with one attached hydrogen (secondary N) is 2. The van der Waals surface area contributed by atoms with E-state index in [1.807, 2.05) is 129 Å². The Morgan fingerprint density at radius 1 is 0.657 bits per heavy atom. The number of rotatable bonds is 10. The van der Waals surface area contributed by atoms with Crippen molar-refractivity contribution in [3.63, 3.8) is 0 Å². The van der Waals surface area contributed by atoms with E-state index in [1.165, 1.54) is 18.2 Å². The maximum Gasteiger partial charge on any atom is 0.431 e. The Hall–Kier alpha value is -5.85. The summed E-state index contributed by atoms with van der Waals surface area (Å²) >= 11 is 17.0. The van der Waals surface area contributed by atoms with Gasteiger partial charge < -0.3 is 9.72 Å². The van der Waals surface area contributed by atoms with Crippen LogP contribution in [-0.2, 0) is 17.1 Å². The minimum absolute atomic E-state index is 0.0517. The van der Waals surface area contributed by atoms with Crippen LogP contribution >= 0.6 is 44.0 Å². The van der Waals surface area contributed by atoms with Crippen LogP contribution in [0.15, 0.2) is 170 Å². The summed E-state index contributed by atoms with van der Waals surface area (Å²) in [6.07, 6.45) is -9.33. The first kappa shape index (κ1) is 49.1. The molecule has 1 amide bonds. The first-order chi connectivity index (χ1) is 32.2. The zero-order valence-corrected chi connectivity index (χ0v) is 39.5. The van der Waals surface area contributed by atoms with Crippen LogP contribution in [0, 0.1) is 13.8 Å². The van der Waals surface area contributed by atoms with Gasteiger partial charge in [0.15, 0.2) is 0 Å². The van der Waals surface area contributed by atoms with E-state index in [-0.39, 0.29) is 27.6 Å². The Bertz CT molecular complexity index is 2870. The monoisotopic (exact) mass is 1040 g/mol. The number of aryl methyl sites for hydroxylation is 2. The fourth-order valence-corrected chi connectivity index (χ4v) is 15.3. The molecular weight excluding hydrogens is 1000 g/mol. The zero-order chi connectivity index (χ0) is 49.3. The molecule has 8 rings (SSSR count). The number of aromatic nitrogens is 1. The van der Waals surface area contributed by atoms with E-state index >= 15 is 0 Å². The van der Waals surface area contributed by atoms with E-state index in [9.17, 15) is 35.5 Å². The second kappa shape index (κ2) is 21.0. The van der Waals surface area contributed by atoms with Gasteiger partial charge in [0.25, 0.3) is 0 Å². The average Bonchev–Trinajstić information content (AvgIpc) is 3.74. The number of carbonyl (C=O) groups excluding carboxylic acids is 1. The van der Waals surface area contributed by atoms with Gasteiger partial charge in [0, 0.05) is 10.9 Å². The van der Waals surface area contributed by atoms with Crippen molar-refractivity contribution >= 4 is 82.4 Å². The number of fused-ring (bicyclic) bond motifs is 1. The van der Waals surface area contributed by atoms with Crippen molar-refractivity contribution in [2.75, 3.05) is 12.5 Å². The van der Waals surface area contributed by atoms with Crippen molar-refractivity contribution in [3.8, 4) is 23.0 Å². The van der Waals surface area contributed by atoms with Crippen LogP contribution in [0.3, 0.4) is 0 Å². The van der Waals surface area contributed by atoms with Gasteiger partial charge in [-0.2, -0.15) is 13.2 Å². The number of anilines is 1. The standard InChI is InChI=1S/C34H27BrClF3NO2P.C16H11ClF3NO.CH3F/c1-24-17-19-26(20-18-24)42-32-21-25(31(22-30(32)36)40-33(41)34(37,38)39)23-43(35,27-11-5-2-6-12-27,28-13-7-3-8-14-28)29-15-9-4-10-16-29;1-9-2-4-11(5-3-9)22-14-6-10-7-15(16(18,19)20)21-13(10)8-12(14)17;1-2/h2-22H,23H2,1H3,(H,40,41);2-8,21H,1H3;1H3/i;;1D. The van der Waals surface area contributed by atoms with Gasteiger partial charge in [0.1, 0.15) is 17.2 Å². The molecule has 16 heteroatoms. The number of aromatic amines is 1. The van der Waals surface area contributed by atoms with Crippen LogP contribution in [0.4, 0.5) is 36.4 Å². The van der Waals surface area contributed by atoms with Gasteiger partial charge in [-0.05, 0) is 37.3 Å². The summed E-state index contributed by atoms with van der Waals surface area (Å²) in [6.45, 7) is 3.89. The predicted octanol–water partition coefficient (Wildman–Crippen LogP) is 15.8. The minimum atomic E-state index is -5.10. The summed E-state index contributed by atoms with van der Waals surface area (Å²) in [5.41, 5.74) is 1.97. The van der Waals surface area contributed by atoms with E-state index in [4.69, 9.17) is 34.0 Å². The van der Waals surface area contributed by atoms with Crippen LogP contribution in [0.1, 0.15) is 23.8 Å². The van der Waals surface area contributed by atoms with Gasteiger partial charge in [0.05, 0.1) is 13.5 Å². The Labute approximate surface area is 401 Å². The molecule has 0 atom stereocenters. The SMILES string of the molecule is Cc1ccc(Oc2cc(CP(Br)(c3ccccc3)(c3ccccc3)c3ccccc3)c(NC(=O)C(F)(F)F)cc2Cl)cc1.Cc1ccc(Oc2cc3cc(C(F)(F)F)[nH]c3cc2Cl)cc1.[2H]CF. The number of alkyl halides is 7. The summed E-state index contributed by atoms with van der Waals surface area (Å²) in [7, 11) is -1.00. The molecule has 0 aliphatic rings. The van der Waals surface area contributed by atoms with Gasteiger partial charge in [0.2, 0.25) is 0 Å². The maximum atomic E-state index is 13.5. The van der Waals surface area contributed by atoms with Crippen molar-refractivity contribution in [3.05, 3.63) is 202 Å². The molecule has 1 heterocycles. The van der Waals surface area contributed by atoms with Crippen LogP contribution in [0.5, 0.6) is 23.0 Å². The topological polar surface area (TPSA) is 63.4 Å². The Morgan fingerprint density at radius 3 is 1.49 bits per heavy atom. The van der Waals surface area contributed by atoms with E-state index in [0.29, 0.717) is 33.7 Å². The Morgan fingerprint density at radius 2 is 1.07 bits per heavy atom. The maximum absolute atomic E-state index is 13.5. The van der Waals surface area contributed by atoms with Crippen LogP contribution in [0.2, 0.25) is 10.0 Å². The zero-order valence-electron chi connectivity index (χ0n) is 36.5. The van der Waals surface area contributed by atoms with Gasteiger partial charge in [-0.15, -0.1) is 0 Å². The van der Waals surface area contributed by atoms with Gasteiger partial charge in [-0.25, -0.2) is 0 Å². The second-order valence-electron chi connectivity index (χ2n) is 15.1.